The van der Waals surface area contributed by atoms with Gasteiger partial charge in [0.05, 0.1) is 18.4 Å². The van der Waals surface area contributed by atoms with Gasteiger partial charge >= 0.3 is 0 Å². The summed E-state index contributed by atoms with van der Waals surface area (Å²) in [6, 6.07) is 16.9. The van der Waals surface area contributed by atoms with Crippen LogP contribution in [0.15, 0.2) is 60.0 Å². The Morgan fingerprint density at radius 2 is 1.90 bits per heavy atom. The van der Waals surface area contributed by atoms with Crippen molar-refractivity contribution in [2.24, 2.45) is 0 Å². The van der Waals surface area contributed by atoms with Crippen LogP contribution in [0.4, 0.5) is 11.4 Å². The minimum atomic E-state index is -0.205. The van der Waals surface area contributed by atoms with Crippen LogP contribution in [-0.4, -0.2) is 36.9 Å². The molecule has 1 aromatic heterocycles. The smallest absolute Gasteiger partial charge is 0.253 e. The Morgan fingerprint density at radius 3 is 2.71 bits per heavy atom. The van der Waals surface area contributed by atoms with Crippen molar-refractivity contribution < 1.29 is 14.3 Å². The molecule has 4 rings (SSSR count). The summed E-state index contributed by atoms with van der Waals surface area (Å²) in [5, 5.41) is 8.23. The molecule has 2 amide bonds. The second-order valence-electron chi connectivity index (χ2n) is 7.34. The molecule has 0 radical (unpaired) electrons. The highest BCUT2D eigenvalue weighted by molar-refractivity contribution is 7.10. The number of fused-ring (bicyclic) bond motifs is 1. The van der Waals surface area contributed by atoms with E-state index < -0.39 is 0 Å². The van der Waals surface area contributed by atoms with E-state index in [1.54, 1.807) is 24.5 Å². The van der Waals surface area contributed by atoms with Crippen LogP contribution in [0.1, 0.15) is 27.2 Å². The number of amides is 2. The first-order valence-corrected chi connectivity index (χ1v) is 11.1. The first kappa shape index (κ1) is 20.9. The number of anilines is 2. The third kappa shape index (κ3) is 5.06. The number of nitrogens with one attached hydrogen (secondary N) is 2. The van der Waals surface area contributed by atoms with Crippen molar-refractivity contribution in [2.45, 2.75) is 19.4 Å². The molecule has 1 aliphatic rings. The zero-order valence-corrected chi connectivity index (χ0v) is 18.2. The molecule has 0 saturated heterocycles. The fourth-order valence-corrected chi connectivity index (χ4v) is 4.51. The van der Waals surface area contributed by atoms with Crippen LogP contribution in [0.3, 0.4) is 0 Å². The molecule has 0 fully saturated rings. The van der Waals surface area contributed by atoms with Gasteiger partial charge in [-0.25, -0.2) is 0 Å². The van der Waals surface area contributed by atoms with E-state index in [0.29, 0.717) is 30.8 Å². The standard InChI is InChI=1S/C24H25N3O3S/c1-30-19-8-6-18(7-9-19)26-21-5-3-2-4-20(21)24(29)25-13-10-23(28)27-14-11-22-17(16-27)12-15-31-22/h2-9,12,15,26H,10-11,13-14,16H2,1H3,(H,25,29). The van der Waals surface area contributed by atoms with Crippen molar-refractivity contribution in [3.8, 4) is 5.75 Å². The number of benzene rings is 2. The van der Waals surface area contributed by atoms with E-state index in [1.165, 1.54) is 10.4 Å². The van der Waals surface area contributed by atoms with Gasteiger partial charge in [0.1, 0.15) is 5.75 Å². The van der Waals surface area contributed by atoms with E-state index in [4.69, 9.17) is 4.74 Å². The maximum Gasteiger partial charge on any atom is 0.253 e. The zero-order chi connectivity index (χ0) is 21.6. The van der Waals surface area contributed by atoms with E-state index in [2.05, 4.69) is 22.1 Å². The summed E-state index contributed by atoms with van der Waals surface area (Å²) in [7, 11) is 1.62. The van der Waals surface area contributed by atoms with Gasteiger partial charge in [0.15, 0.2) is 0 Å². The molecule has 1 aliphatic heterocycles. The number of carbonyl (C=O) groups is 2. The highest BCUT2D eigenvalue weighted by Gasteiger charge is 2.21. The normalized spacial score (nSPS) is 12.7. The monoisotopic (exact) mass is 435 g/mol. The molecule has 160 valence electrons. The molecule has 0 spiro atoms. The second-order valence-corrected chi connectivity index (χ2v) is 8.34. The molecule has 0 bridgehead atoms. The number of hydrogen-bond acceptors (Lipinski definition) is 5. The van der Waals surface area contributed by atoms with Crippen LogP contribution in [0.5, 0.6) is 5.75 Å². The zero-order valence-electron chi connectivity index (χ0n) is 17.4. The van der Waals surface area contributed by atoms with Crippen LogP contribution in [0, 0.1) is 0 Å². The van der Waals surface area contributed by atoms with Gasteiger partial charge in [0, 0.05) is 36.6 Å². The number of para-hydroxylation sites is 1. The van der Waals surface area contributed by atoms with Crippen molar-refractivity contribution in [1.29, 1.82) is 0 Å². The highest BCUT2D eigenvalue weighted by Crippen LogP contribution is 2.25. The van der Waals surface area contributed by atoms with E-state index in [0.717, 1.165) is 24.4 Å². The molecule has 6 nitrogen and oxygen atoms in total. The molecule has 31 heavy (non-hydrogen) atoms. The number of carbonyl (C=O) groups excluding carboxylic acids is 2. The fraction of sp³-hybridized carbons (Fsp3) is 0.250. The topological polar surface area (TPSA) is 70.7 Å². The Bertz CT molecular complexity index is 1060. The summed E-state index contributed by atoms with van der Waals surface area (Å²) in [5.41, 5.74) is 3.34. The van der Waals surface area contributed by atoms with Gasteiger partial charge in [0.2, 0.25) is 5.91 Å². The van der Waals surface area contributed by atoms with E-state index in [-0.39, 0.29) is 11.8 Å². The lowest BCUT2D eigenvalue weighted by Crippen LogP contribution is -2.37. The molecule has 0 unspecified atom stereocenters. The Balaban J connectivity index is 1.32. The third-order valence-corrected chi connectivity index (χ3v) is 6.35. The lowest BCUT2D eigenvalue weighted by Gasteiger charge is -2.27. The van der Waals surface area contributed by atoms with Gasteiger partial charge in [-0.1, -0.05) is 12.1 Å². The summed E-state index contributed by atoms with van der Waals surface area (Å²) < 4.78 is 5.18. The van der Waals surface area contributed by atoms with Crippen molar-refractivity contribution in [2.75, 3.05) is 25.5 Å². The fourth-order valence-electron chi connectivity index (χ4n) is 3.62. The van der Waals surface area contributed by atoms with Crippen LogP contribution in [0.25, 0.3) is 0 Å². The molecule has 0 aliphatic carbocycles. The number of rotatable bonds is 7. The average Bonchev–Trinajstić information content (AvgIpc) is 3.28. The van der Waals surface area contributed by atoms with Crippen molar-refractivity contribution >= 4 is 34.5 Å². The number of nitrogens with zero attached hydrogens (tertiary/aromatic N) is 1. The van der Waals surface area contributed by atoms with E-state index in [1.807, 2.05) is 47.4 Å². The van der Waals surface area contributed by atoms with Gasteiger partial charge in [-0.3, -0.25) is 9.59 Å². The number of methoxy groups -OCH3 is 1. The minimum Gasteiger partial charge on any atom is -0.497 e. The van der Waals surface area contributed by atoms with Crippen molar-refractivity contribution in [3.63, 3.8) is 0 Å². The maximum absolute atomic E-state index is 12.7. The van der Waals surface area contributed by atoms with Crippen LogP contribution in [-0.2, 0) is 17.8 Å². The summed E-state index contributed by atoms with van der Waals surface area (Å²) in [4.78, 5) is 28.6. The number of thiophene rings is 1. The Labute approximate surface area is 185 Å². The van der Waals surface area contributed by atoms with Gasteiger partial charge in [0.25, 0.3) is 5.91 Å². The van der Waals surface area contributed by atoms with E-state index >= 15 is 0 Å². The Kier molecular flexibility index (Phi) is 6.52. The van der Waals surface area contributed by atoms with Crippen LogP contribution < -0.4 is 15.4 Å². The third-order valence-electron chi connectivity index (χ3n) is 5.33. The molecular weight excluding hydrogens is 410 g/mol. The maximum atomic E-state index is 12.7. The van der Waals surface area contributed by atoms with E-state index in [9.17, 15) is 9.59 Å². The molecule has 2 heterocycles. The first-order valence-electron chi connectivity index (χ1n) is 10.3. The van der Waals surface area contributed by atoms with Gasteiger partial charge in [-0.2, -0.15) is 0 Å². The molecular formula is C24H25N3O3S. The SMILES string of the molecule is COc1ccc(Nc2ccccc2C(=O)NCCC(=O)N2CCc3sccc3C2)cc1. The highest BCUT2D eigenvalue weighted by atomic mass is 32.1. The summed E-state index contributed by atoms with van der Waals surface area (Å²) in [5.74, 6) is 0.634. The quantitative estimate of drug-likeness (QED) is 0.583. The lowest BCUT2D eigenvalue weighted by atomic mass is 10.1. The largest absolute Gasteiger partial charge is 0.497 e. The first-order chi connectivity index (χ1) is 15.1. The summed E-state index contributed by atoms with van der Waals surface area (Å²) >= 11 is 1.75. The molecule has 0 saturated carbocycles. The molecule has 7 heteroatoms. The van der Waals surface area contributed by atoms with Crippen molar-refractivity contribution in [3.05, 3.63) is 76.0 Å². The minimum absolute atomic E-state index is 0.0711. The Hall–Kier alpha value is -3.32. The second kappa shape index (κ2) is 9.66. The predicted octanol–water partition coefficient (Wildman–Crippen LogP) is 4.21. The van der Waals surface area contributed by atoms with Crippen molar-refractivity contribution in [1.82, 2.24) is 10.2 Å². The average molecular weight is 436 g/mol. The Morgan fingerprint density at radius 1 is 1.10 bits per heavy atom. The number of hydrogen-bond donors (Lipinski definition) is 2. The van der Waals surface area contributed by atoms with Gasteiger partial charge in [-0.05, 0) is 59.8 Å². The molecule has 0 atom stereocenters. The van der Waals surface area contributed by atoms with Gasteiger partial charge in [-0.15, -0.1) is 11.3 Å². The van der Waals surface area contributed by atoms with Gasteiger partial charge < -0.3 is 20.3 Å². The van der Waals surface area contributed by atoms with Crippen LogP contribution in [0.2, 0.25) is 0 Å². The predicted molar refractivity (Wildman–Crippen MR) is 123 cm³/mol. The number of ether oxygens (including phenoxy) is 1. The molecule has 3 aromatic rings. The lowest BCUT2D eigenvalue weighted by molar-refractivity contribution is -0.131. The molecule has 2 aromatic carbocycles. The molecule has 2 N–H and O–H groups in total. The summed E-state index contributed by atoms with van der Waals surface area (Å²) in [6.07, 6.45) is 1.20. The van der Waals surface area contributed by atoms with Crippen LogP contribution >= 0.6 is 11.3 Å². The summed E-state index contributed by atoms with van der Waals surface area (Å²) in [6.45, 7) is 1.72.